The fourth-order valence-electron chi connectivity index (χ4n) is 2.38. The van der Waals surface area contributed by atoms with Crippen LogP contribution in [-0.4, -0.2) is 12.8 Å². The number of hydrogen-bond acceptors (Lipinski definition) is 4. The van der Waals surface area contributed by atoms with Crippen molar-refractivity contribution >= 4 is 34.3 Å². The zero-order valence-electron chi connectivity index (χ0n) is 11.6. The fourth-order valence-corrected chi connectivity index (χ4v) is 3.35. The minimum Gasteiger partial charge on any atom is -0.461 e. The van der Waals surface area contributed by atoms with Crippen molar-refractivity contribution in [2.45, 2.75) is 13.0 Å². The number of nitrogens with one attached hydrogen (secondary N) is 1. The molecule has 0 fully saturated rings. The Morgan fingerprint density at radius 3 is 2.76 bits per heavy atom. The lowest BCUT2D eigenvalue weighted by Gasteiger charge is -2.08. The van der Waals surface area contributed by atoms with Gasteiger partial charge in [0.15, 0.2) is 12.0 Å². The van der Waals surface area contributed by atoms with Crippen LogP contribution in [0.2, 0.25) is 5.02 Å². The maximum absolute atomic E-state index is 12.8. The number of halogens is 1. The van der Waals surface area contributed by atoms with Crippen molar-refractivity contribution in [1.29, 1.82) is 0 Å². The third-order valence-electron chi connectivity index (χ3n) is 3.44. The van der Waals surface area contributed by atoms with Crippen molar-refractivity contribution in [3.05, 3.63) is 62.6 Å². The molecule has 2 aromatic rings. The monoisotopic (exact) mass is 319 g/mol. The van der Waals surface area contributed by atoms with E-state index in [2.05, 4.69) is 5.32 Å². The third-order valence-corrected chi connectivity index (χ3v) is 4.85. The van der Waals surface area contributed by atoms with Crippen LogP contribution in [0.3, 0.4) is 0 Å². The molecule has 1 atom stereocenters. The van der Waals surface area contributed by atoms with Gasteiger partial charge in [-0.3, -0.25) is 4.79 Å². The molecule has 0 amide bonds. The third kappa shape index (κ3) is 2.34. The second kappa shape index (κ2) is 5.54. The van der Waals surface area contributed by atoms with Gasteiger partial charge in [-0.1, -0.05) is 35.9 Å². The van der Waals surface area contributed by atoms with E-state index in [0.717, 1.165) is 10.4 Å². The predicted molar refractivity (Wildman–Crippen MR) is 85.3 cm³/mol. The highest BCUT2D eigenvalue weighted by atomic mass is 35.5. The molecule has 1 aliphatic rings. The van der Waals surface area contributed by atoms with Crippen molar-refractivity contribution in [2.75, 3.05) is 7.05 Å². The largest absolute Gasteiger partial charge is 0.461 e. The number of ether oxygens (including phenoxy) is 1. The highest BCUT2D eigenvalue weighted by molar-refractivity contribution is 7.10. The molecule has 0 spiro atoms. The molecule has 1 aromatic heterocycles. The Balaban J connectivity index is 2.07. The molecule has 0 aliphatic carbocycles. The number of ketones is 1. The number of rotatable bonds is 3. The number of Topliss-reactive ketones (excluding diaryl/α,β-unsaturated/α-hetero) is 1. The molecule has 3 rings (SSSR count). The Labute approximate surface area is 132 Å². The second-order valence-electron chi connectivity index (χ2n) is 4.77. The van der Waals surface area contributed by atoms with Crippen LogP contribution in [0.25, 0.3) is 5.57 Å². The van der Waals surface area contributed by atoms with Crippen molar-refractivity contribution in [3.8, 4) is 0 Å². The first-order valence-electron chi connectivity index (χ1n) is 6.55. The molecule has 2 heterocycles. The fraction of sp³-hybridized carbons (Fsp3) is 0.188. The molecular weight excluding hydrogens is 306 g/mol. The summed E-state index contributed by atoms with van der Waals surface area (Å²) in [5, 5.41) is 5.48. The summed E-state index contributed by atoms with van der Waals surface area (Å²) in [7, 11) is 1.74. The van der Waals surface area contributed by atoms with Crippen LogP contribution >= 0.6 is 22.9 Å². The van der Waals surface area contributed by atoms with Gasteiger partial charge in [0.1, 0.15) is 0 Å². The highest BCUT2D eigenvalue weighted by Gasteiger charge is 2.38. The van der Waals surface area contributed by atoms with E-state index < -0.39 is 6.10 Å². The average molecular weight is 320 g/mol. The molecule has 0 saturated heterocycles. The highest BCUT2D eigenvalue weighted by Crippen LogP contribution is 2.40. The molecule has 3 nitrogen and oxygen atoms in total. The van der Waals surface area contributed by atoms with Crippen LogP contribution < -0.4 is 5.32 Å². The van der Waals surface area contributed by atoms with Gasteiger partial charge in [0, 0.05) is 12.6 Å². The normalized spacial score (nSPS) is 18.0. The minimum atomic E-state index is -0.584. The van der Waals surface area contributed by atoms with Gasteiger partial charge in [-0.2, -0.15) is 0 Å². The quantitative estimate of drug-likeness (QED) is 0.931. The number of carbonyl (C=O) groups excluding carboxylic acids is 1. The van der Waals surface area contributed by atoms with Gasteiger partial charge >= 0.3 is 0 Å². The standard InChI is InChI=1S/C16H14ClNO2S/c1-9-5-3-6-10(13(9)17)12-14(19)15(20-16(12)18-2)11-7-4-8-21-11/h3-8,15,18H,1-2H3. The van der Waals surface area contributed by atoms with Crippen LogP contribution in [0.1, 0.15) is 22.1 Å². The van der Waals surface area contributed by atoms with Gasteiger partial charge in [-0.15, -0.1) is 11.3 Å². The molecule has 21 heavy (non-hydrogen) atoms. The smallest absolute Gasteiger partial charge is 0.214 e. The topological polar surface area (TPSA) is 38.3 Å². The van der Waals surface area contributed by atoms with E-state index in [-0.39, 0.29) is 5.78 Å². The first-order chi connectivity index (χ1) is 10.1. The zero-order chi connectivity index (χ0) is 15.0. The summed E-state index contributed by atoms with van der Waals surface area (Å²) in [4.78, 5) is 13.7. The van der Waals surface area contributed by atoms with E-state index in [1.165, 1.54) is 11.3 Å². The average Bonchev–Trinajstić information content (AvgIpc) is 3.10. The Morgan fingerprint density at radius 2 is 2.10 bits per heavy atom. The summed E-state index contributed by atoms with van der Waals surface area (Å²) < 4.78 is 5.80. The van der Waals surface area contributed by atoms with Crippen molar-refractivity contribution < 1.29 is 9.53 Å². The Kier molecular flexibility index (Phi) is 3.74. The predicted octanol–water partition coefficient (Wildman–Crippen LogP) is 3.94. The molecule has 0 bridgehead atoms. The minimum absolute atomic E-state index is 0.0608. The first kappa shape index (κ1) is 14.2. The zero-order valence-corrected chi connectivity index (χ0v) is 13.2. The maximum Gasteiger partial charge on any atom is 0.214 e. The summed E-state index contributed by atoms with van der Waals surface area (Å²) in [5.41, 5.74) is 2.17. The Morgan fingerprint density at radius 1 is 1.29 bits per heavy atom. The lowest BCUT2D eigenvalue weighted by molar-refractivity contribution is -0.120. The van der Waals surface area contributed by atoms with E-state index in [4.69, 9.17) is 16.3 Å². The van der Waals surface area contributed by atoms with E-state index in [1.807, 2.05) is 42.6 Å². The van der Waals surface area contributed by atoms with Crippen LogP contribution in [0, 0.1) is 6.92 Å². The summed E-state index contributed by atoms with van der Waals surface area (Å²) in [6, 6.07) is 9.47. The first-order valence-corrected chi connectivity index (χ1v) is 7.81. The Bertz CT molecular complexity index is 722. The summed E-state index contributed by atoms with van der Waals surface area (Å²) in [6.07, 6.45) is -0.584. The summed E-state index contributed by atoms with van der Waals surface area (Å²) in [5.74, 6) is 0.417. The van der Waals surface area contributed by atoms with E-state index >= 15 is 0 Å². The van der Waals surface area contributed by atoms with Gasteiger partial charge in [-0.05, 0) is 23.9 Å². The Hall–Kier alpha value is -1.78. The van der Waals surface area contributed by atoms with E-state index in [9.17, 15) is 4.79 Å². The van der Waals surface area contributed by atoms with Crippen LogP contribution in [0.5, 0.6) is 0 Å². The number of thiophene rings is 1. The molecular formula is C16H14ClNO2S. The number of carbonyl (C=O) groups is 1. The molecule has 108 valence electrons. The van der Waals surface area contributed by atoms with Gasteiger partial charge in [0.05, 0.1) is 15.5 Å². The van der Waals surface area contributed by atoms with E-state index in [0.29, 0.717) is 22.0 Å². The van der Waals surface area contributed by atoms with E-state index in [1.54, 1.807) is 7.05 Å². The maximum atomic E-state index is 12.8. The van der Waals surface area contributed by atoms with Crippen molar-refractivity contribution in [1.82, 2.24) is 5.32 Å². The molecule has 5 heteroatoms. The lowest BCUT2D eigenvalue weighted by atomic mass is 9.98. The van der Waals surface area contributed by atoms with Gasteiger partial charge in [0.25, 0.3) is 0 Å². The number of hydrogen-bond donors (Lipinski definition) is 1. The summed E-state index contributed by atoms with van der Waals surface area (Å²) in [6.45, 7) is 1.92. The van der Waals surface area contributed by atoms with Gasteiger partial charge in [-0.25, -0.2) is 0 Å². The molecule has 0 saturated carbocycles. The van der Waals surface area contributed by atoms with Gasteiger partial charge < -0.3 is 10.1 Å². The molecule has 0 radical (unpaired) electrons. The molecule has 1 N–H and O–H groups in total. The van der Waals surface area contributed by atoms with Crippen molar-refractivity contribution in [2.24, 2.45) is 0 Å². The number of benzene rings is 1. The SMILES string of the molecule is CNC1=C(c2cccc(C)c2Cl)C(=O)C(c2cccs2)O1. The molecule has 1 unspecified atom stereocenters. The molecule has 1 aliphatic heterocycles. The molecule has 1 aromatic carbocycles. The van der Waals surface area contributed by atoms with Crippen LogP contribution in [-0.2, 0) is 9.53 Å². The number of aryl methyl sites for hydroxylation is 1. The van der Waals surface area contributed by atoms with Crippen molar-refractivity contribution in [3.63, 3.8) is 0 Å². The lowest BCUT2D eigenvalue weighted by Crippen LogP contribution is -2.08. The van der Waals surface area contributed by atoms with Gasteiger partial charge in [0.2, 0.25) is 5.78 Å². The second-order valence-corrected chi connectivity index (χ2v) is 6.13. The summed E-state index contributed by atoms with van der Waals surface area (Å²) >= 11 is 7.87. The van der Waals surface area contributed by atoms with Crippen LogP contribution in [0.4, 0.5) is 0 Å². The van der Waals surface area contributed by atoms with Crippen LogP contribution in [0.15, 0.2) is 41.6 Å².